The third-order valence-corrected chi connectivity index (χ3v) is 9.84. The van der Waals surface area contributed by atoms with Gasteiger partial charge in [-0.2, -0.15) is 0 Å². The van der Waals surface area contributed by atoms with Gasteiger partial charge in [0, 0.05) is 5.54 Å². The summed E-state index contributed by atoms with van der Waals surface area (Å²) in [7, 11) is 0. The summed E-state index contributed by atoms with van der Waals surface area (Å²) in [5.41, 5.74) is 1.54. The van der Waals surface area contributed by atoms with E-state index in [1.165, 1.54) is 77.0 Å². The molecule has 0 heterocycles. The summed E-state index contributed by atoms with van der Waals surface area (Å²) in [6.45, 7) is 7.52. The Hall–Kier alpha value is -0.530. The highest BCUT2D eigenvalue weighted by Crippen LogP contribution is 2.68. The van der Waals surface area contributed by atoms with Crippen LogP contribution in [0.15, 0.2) is 0 Å². The van der Waals surface area contributed by atoms with E-state index in [0.29, 0.717) is 22.2 Å². The highest BCUT2D eigenvalue weighted by molar-refractivity contribution is 5.84. The van der Waals surface area contributed by atoms with Crippen molar-refractivity contribution >= 4 is 5.91 Å². The van der Waals surface area contributed by atoms with Crippen molar-refractivity contribution in [1.82, 2.24) is 5.32 Å². The van der Waals surface area contributed by atoms with Gasteiger partial charge in [0.2, 0.25) is 5.91 Å². The molecule has 1 amide bonds. The standard InChI is InChI=1S/C24H37NO/c1-20-5-16-4-17(6-20)10-23(9-16,13-20)19(26)25-24-11-18-7-21(2,14-24)12-22(3,8-18)15-24/h16-18H,4-15H2,1-3H3,(H,25,26). The molecule has 0 aromatic carbocycles. The normalized spacial score (nSPS) is 61.9. The second-order valence-corrected chi connectivity index (χ2v) is 13.4. The molecular formula is C24H37NO. The minimum atomic E-state index is -0.00995. The van der Waals surface area contributed by atoms with Gasteiger partial charge in [-0.25, -0.2) is 0 Å². The van der Waals surface area contributed by atoms with Crippen molar-refractivity contribution in [2.75, 3.05) is 0 Å². The van der Waals surface area contributed by atoms with E-state index in [9.17, 15) is 4.79 Å². The molecule has 0 saturated heterocycles. The molecular weight excluding hydrogens is 318 g/mol. The Bertz CT molecular complexity index is 648. The van der Waals surface area contributed by atoms with Gasteiger partial charge in [0.1, 0.15) is 0 Å². The first-order valence-corrected chi connectivity index (χ1v) is 11.4. The van der Waals surface area contributed by atoms with Crippen molar-refractivity contribution in [3.63, 3.8) is 0 Å². The molecule has 8 rings (SSSR count). The third-order valence-electron chi connectivity index (χ3n) is 9.84. The van der Waals surface area contributed by atoms with Gasteiger partial charge < -0.3 is 5.32 Å². The quantitative estimate of drug-likeness (QED) is 0.700. The monoisotopic (exact) mass is 355 g/mol. The number of carbonyl (C=O) groups is 1. The summed E-state index contributed by atoms with van der Waals surface area (Å²) in [4.78, 5) is 13.8. The van der Waals surface area contributed by atoms with E-state index in [1.54, 1.807) is 0 Å². The Morgan fingerprint density at radius 2 is 1.27 bits per heavy atom. The SMILES string of the molecule is CC12CC3CC(C)(C1)CC(NC(=O)C14CC5CC(CC(C)(C5)C1)C4)(C3)C2. The molecule has 1 N–H and O–H groups in total. The van der Waals surface area contributed by atoms with E-state index in [1.807, 2.05) is 0 Å². The van der Waals surface area contributed by atoms with Crippen LogP contribution in [-0.2, 0) is 4.79 Å². The molecule has 2 heteroatoms. The summed E-state index contributed by atoms with van der Waals surface area (Å²) in [5.74, 6) is 3.00. The molecule has 0 aromatic heterocycles. The van der Waals surface area contributed by atoms with Crippen molar-refractivity contribution in [1.29, 1.82) is 0 Å². The number of amides is 1. The maximum Gasteiger partial charge on any atom is 0.226 e. The zero-order valence-electron chi connectivity index (χ0n) is 17.1. The summed E-state index contributed by atoms with van der Waals surface area (Å²) >= 11 is 0. The van der Waals surface area contributed by atoms with Crippen molar-refractivity contribution < 1.29 is 4.79 Å². The summed E-state index contributed by atoms with van der Waals surface area (Å²) < 4.78 is 0. The lowest BCUT2D eigenvalue weighted by Crippen LogP contribution is -2.68. The van der Waals surface area contributed by atoms with Crippen LogP contribution in [0.2, 0.25) is 0 Å². The molecule has 8 bridgehead atoms. The van der Waals surface area contributed by atoms with Gasteiger partial charge in [-0.3, -0.25) is 4.79 Å². The molecule has 0 radical (unpaired) electrons. The Balaban J connectivity index is 1.30. The van der Waals surface area contributed by atoms with Crippen LogP contribution >= 0.6 is 0 Å². The van der Waals surface area contributed by atoms with Crippen molar-refractivity contribution in [2.45, 2.75) is 103 Å². The van der Waals surface area contributed by atoms with Crippen LogP contribution in [0.4, 0.5) is 0 Å². The van der Waals surface area contributed by atoms with Crippen LogP contribution in [0, 0.1) is 39.4 Å². The van der Waals surface area contributed by atoms with E-state index in [0.717, 1.165) is 17.8 Å². The summed E-state index contributed by atoms with van der Waals surface area (Å²) in [5, 5.41) is 3.81. The van der Waals surface area contributed by atoms with Crippen LogP contribution < -0.4 is 5.32 Å². The van der Waals surface area contributed by atoms with Crippen molar-refractivity contribution in [2.24, 2.45) is 39.4 Å². The van der Waals surface area contributed by atoms with Crippen molar-refractivity contribution in [3.05, 3.63) is 0 Å². The molecule has 2 nitrogen and oxygen atoms in total. The van der Waals surface area contributed by atoms with Crippen LogP contribution in [0.5, 0.6) is 0 Å². The number of rotatable bonds is 2. The molecule has 0 spiro atoms. The highest BCUT2D eigenvalue weighted by atomic mass is 16.2. The largest absolute Gasteiger partial charge is 0.350 e. The lowest BCUT2D eigenvalue weighted by atomic mass is 9.42. The summed E-state index contributed by atoms with van der Waals surface area (Å²) in [6, 6.07) is 0. The van der Waals surface area contributed by atoms with Crippen LogP contribution in [0.3, 0.4) is 0 Å². The smallest absolute Gasteiger partial charge is 0.226 e. The summed E-state index contributed by atoms with van der Waals surface area (Å²) in [6.07, 6.45) is 15.7. The molecule has 4 unspecified atom stereocenters. The number of carbonyl (C=O) groups excluding carboxylic acids is 1. The molecule has 0 aliphatic heterocycles. The topological polar surface area (TPSA) is 29.1 Å². The van der Waals surface area contributed by atoms with Gasteiger partial charge in [-0.05, 0) is 111 Å². The van der Waals surface area contributed by atoms with Crippen LogP contribution in [0.1, 0.15) is 97.8 Å². The second-order valence-electron chi connectivity index (χ2n) is 13.4. The predicted molar refractivity (Wildman–Crippen MR) is 104 cm³/mol. The molecule has 26 heavy (non-hydrogen) atoms. The van der Waals surface area contributed by atoms with Crippen LogP contribution in [-0.4, -0.2) is 11.4 Å². The second kappa shape index (κ2) is 4.54. The van der Waals surface area contributed by atoms with Crippen LogP contribution in [0.25, 0.3) is 0 Å². The number of nitrogens with one attached hydrogen (secondary N) is 1. The van der Waals surface area contributed by atoms with E-state index >= 15 is 0 Å². The Morgan fingerprint density at radius 1 is 0.692 bits per heavy atom. The minimum absolute atomic E-state index is 0.00995. The minimum Gasteiger partial charge on any atom is -0.350 e. The molecule has 8 aliphatic carbocycles. The zero-order chi connectivity index (χ0) is 18.0. The Morgan fingerprint density at radius 3 is 1.81 bits per heavy atom. The number of hydrogen-bond donors (Lipinski definition) is 1. The first-order chi connectivity index (χ1) is 12.1. The van der Waals surface area contributed by atoms with Gasteiger partial charge >= 0.3 is 0 Å². The molecule has 0 aromatic rings. The average molecular weight is 356 g/mol. The van der Waals surface area contributed by atoms with Crippen molar-refractivity contribution in [3.8, 4) is 0 Å². The van der Waals surface area contributed by atoms with Gasteiger partial charge in [0.25, 0.3) is 0 Å². The predicted octanol–water partition coefficient (Wildman–Crippen LogP) is 5.46. The fraction of sp³-hybridized carbons (Fsp3) is 0.958. The lowest BCUT2D eigenvalue weighted by molar-refractivity contribution is -0.166. The third kappa shape index (κ3) is 2.20. The van der Waals surface area contributed by atoms with E-state index < -0.39 is 0 Å². The first-order valence-electron chi connectivity index (χ1n) is 11.4. The molecule has 4 atom stereocenters. The maximum absolute atomic E-state index is 13.8. The fourth-order valence-corrected chi connectivity index (χ4v) is 10.9. The lowest BCUT2D eigenvalue weighted by Gasteiger charge is -2.66. The molecule has 8 aliphatic rings. The van der Waals surface area contributed by atoms with Gasteiger partial charge in [0.05, 0.1) is 5.41 Å². The molecule has 8 fully saturated rings. The van der Waals surface area contributed by atoms with Gasteiger partial charge in [-0.1, -0.05) is 20.8 Å². The van der Waals surface area contributed by atoms with E-state index in [2.05, 4.69) is 26.1 Å². The van der Waals surface area contributed by atoms with E-state index in [-0.39, 0.29) is 11.0 Å². The maximum atomic E-state index is 13.8. The van der Waals surface area contributed by atoms with Gasteiger partial charge in [0.15, 0.2) is 0 Å². The van der Waals surface area contributed by atoms with Gasteiger partial charge in [-0.15, -0.1) is 0 Å². The Kier molecular flexibility index (Phi) is 2.87. The molecule has 144 valence electrons. The van der Waals surface area contributed by atoms with E-state index in [4.69, 9.17) is 0 Å². The highest BCUT2D eigenvalue weighted by Gasteiger charge is 2.63. The first kappa shape index (κ1) is 16.4. The Labute approximate surface area is 159 Å². The average Bonchev–Trinajstić information content (AvgIpc) is 2.39. The molecule has 8 saturated carbocycles. The number of hydrogen-bond acceptors (Lipinski definition) is 1. The fourth-order valence-electron chi connectivity index (χ4n) is 10.9. The zero-order valence-corrected chi connectivity index (χ0v) is 17.1.